The van der Waals surface area contributed by atoms with Gasteiger partial charge in [0.2, 0.25) is 5.91 Å². The minimum absolute atomic E-state index is 0.0827. The number of fused-ring (bicyclic) bond motifs is 1. The van der Waals surface area contributed by atoms with Crippen LogP contribution in [0.25, 0.3) is 10.8 Å². The summed E-state index contributed by atoms with van der Waals surface area (Å²) in [6, 6.07) is 29.1. The van der Waals surface area contributed by atoms with E-state index in [1.807, 2.05) is 77.7 Å². The van der Waals surface area contributed by atoms with Crippen molar-refractivity contribution in [3.05, 3.63) is 113 Å². The summed E-state index contributed by atoms with van der Waals surface area (Å²) in [7, 11) is 0. The normalized spacial score (nSPS) is 15.3. The fourth-order valence-corrected chi connectivity index (χ4v) is 5.49. The number of halogens is 1. The van der Waals surface area contributed by atoms with E-state index in [2.05, 4.69) is 11.4 Å². The van der Waals surface area contributed by atoms with Gasteiger partial charge in [0, 0.05) is 17.1 Å². The maximum absolute atomic E-state index is 12.6. The van der Waals surface area contributed by atoms with Gasteiger partial charge in [-0.25, -0.2) is 0 Å². The predicted molar refractivity (Wildman–Crippen MR) is 145 cm³/mol. The van der Waals surface area contributed by atoms with Gasteiger partial charge < -0.3 is 15.0 Å². The van der Waals surface area contributed by atoms with Crippen LogP contribution in [0.4, 0.5) is 0 Å². The largest absolute Gasteiger partial charge is 0.492 e. The Balaban J connectivity index is 1.14. The molecule has 4 aromatic rings. The summed E-state index contributed by atoms with van der Waals surface area (Å²) < 4.78 is 5.80. The lowest BCUT2D eigenvalue weighted by Gasteiger charge is -2.24. The number of nitrogens with zero attached hydrogens (tertiary/aromatic N) is 1. The molecule has 0 unspecified atom stereocenters. The number of thioether (sulfide) groups is 1. The number of benzene rings is 4. The van der Waals surface area contributed by atoms with Crippen molar-refractivity contribution in [2.24, 2.45) is 0 Å². The lowest BCUT2D eigenvalue weighted by Crippen LogP contribution is -2.28. The Kier molecular flexibility index (Phi) is 7.44. The lowest BCUT2D eigenvalue weighted by molar-refractivity contribution is -0.128. The number of carbonyl (C=O) groups excluding carboxylic acids is 2. The highest BCUT2D eigenvalue weighted by molar-refractivity contribution is 8.00. The number of nitrogens with one attached hydrogen (secondary N) is 1. The SMILES string of the molecule is O=C(NCCOc1ccc2ccccc2c1)c1ccc([C@@H]2SCC(=O)N2Cc2ccc(Cl)cc2)cc1. The second-order valence-electron chi connectivity index (χ2n) is 8.55. The molecule has 1 saturated heterocycles. The third kappa shape index (κ3) is 5.66. The molecule has 1 aliphatic heterocycles. The first-order valence-corrected chi connectivity index (χ1v) is 13.1. The van der Waals surface area contributed by atoms with Gasteiger partial charge >= 0.3 is 0 Å². The van der Waals surface area contributed by atoms with Crippen LogP contribution in [0, 0.1) is 0 Å². The summed E-state index contributed by atoms with van der Waals surface area (Å²) in [4.78, 5) is 27.0. The first-order chi connectivity index (χ1) is 17.6. The van der Waals surface area contributed by atoms with E-state index in [4.69, 9.17) is 16.3 Å². The molecule has 1 heterocycles. The van der Waals surface area contributed by atoms with Crippen LogP contribution in [-0.2, 0) is 11.3 Å². The molecule has 1 N–H and O–H groups in total. The van der Waals surface area contributed by atoms with Crippen LogP contribution in [0.15, 0.2) is 91.0 Å². The standard InChI is InChI=1S/C29H25ClN2O3S/c30-25-12-5-20(6-13-25)18-32-27(33)19-36-29(32)23-9-7-22(8-10-23)28(34)31-15-16-35-26-14-11-21-3-1-2-4-24(21)17-26/h1-14,17,29H,15-16,18-19H2,(H,31,34)/t29-/m0/s1. The minimum Gasteiger partial charge on any atom is -0.492 e. The van der Waals surface area contributed by atoms with E-state index >= 15 is 0 Å². The maximum atomic E-state index is 12.6. The van der Waals surface area contributed by atoms with Crippen LogP contribution in [0.5, 0.6) is 5.75 Å². The summed E-state index contributed by atoms with van der Waals surface area (Å²) in [5, 5.41) is 5.77. The molecular weight excluding hydrogens is 492 g/mol. The Morgan fingerprint density at radius 2 is 1.72 bits per heavy atom. The monoisotopic (exact) mass is 516 g/mol. The van der Waals surface area contributed by atoms with Crippen LogP contribution >= 0.6 is 23.4 Å². The topological polar surface area (TPSA) is 58.6 Å². The van der Waals surface area contributed by atoms with E-state index < -0.39 is 0 Å². The van der Waals surface area contributed by atoms with Crippen molar-refractivity contribution >= 4 is 45.9 Å². The highest BCUT2D eigenvalue weighted by atomic mass is 35.5. The summed E-state index contributed by atoms with van der Waals surface area (Å²) in [6.07, 6.45) is 0. The van der Waals surface area contributed by atoms with Gasteiger partial charge in [0.15, 0.2) is 0 Å². The molecule has 0 aliphatic carbocycles. The third-order valence-corrected chi connectivity index (χ3v) is 7.58. The van der Waals surface area contributed by atoms with Crippen LogP contribution in [-0.4, -0.2) is 35.6 Å². The molecule has 0 spiro atoms. The molecule has 5 rings (SSSR count). The summed E-state index contributed by atoms with van der Waals surface area (Å²) in [5.41, 5.74) is 2.60. The average Bonchev–Trinajstić information content (AvgIpc) is 3.27. The van der Waals surface area contributed by atoms with Gasteiger partial charge in [0.1, 0.15) is 17.7 Å². The number of ether oxygens (including phenoxy) is 1. The molecule has 1 fully saturated rings. The van der Waals surface area contributed by atoms with Crippen molar-refractivity contribution in [1.29, 1.82) is 0 Å². The van der Waals surface area contributed by atoms with Crippen molar-refractivity contribution in [3.8, 4) is 5.75 Å². The molecule has 1 atom stereocenters. The molecule has 36 heavy (non-hydrogen) atoms. The zero-order chi connectivity index (χ0) is 24.9. The van der Waals surface area contributed by atoms with E-state index in [0.717, 1.165) is 27.6 Å². The van der Waals surface area contributed by atoms with Crippen LogP contribution in [0.1, 0.15) is 26.9 Å². The number of hydrogen-bond donors (Lipinski definition) is 1. The zero-order valence-corrected chi connectivity index (χ0v) is 21.1. The van der Waals surface area contributed by atoms with Crippen molar-refractivity contribution in [2.45, 2.75) is 11.9 Å². The Labute approximate surface area is 219 Å². The third-order valence-electron chi connectivity index (χ3n) is 6.07. The average molecular weight is 517 g/mol. The molecule has 0 aromatic heterocycles. The Hall–Kier alpha value is -3.48. The van der Waals surface area contributed by atoms with Gasteiger partial charge in [-0.1, -0.05) is 66.2 Å². The van der Waals surface area contributed by atoms with Crippen molar-refractivity contribution < 1.29 is 14.3 Å². The number of carbonyl (C=O) groups is 2. The van der Waals surface area contributed by atoms with E-state index in [1.54, 1.807) is 23.9 Å². The first-order valence-electron chi connectivity index (χ1n) is 11.7. The van der Waals surface area contributed by atoms with Gasteiger partial charge in [-0.3, -0.25) is 9.59 Å². The lowest BCUT2D eigenvalue weighted by atomic mass is 10.1. The summed E-state index contributed by atoms with van der Waals surface area (Å²) in [5.74, 6) is 1.17. The highest BCUT2D eigenvalue weighted by Crippen LogP contribution is 2.39. The molecule has 5 nitrogen and oxygen atoms in total. The summed E-state index contributed by atoms with van der Waals surface area (Å²) >= 11 is 7.58. The van der Waals surface area contributed by atoms with Gasteiger partial charge in [0.05, 0.1) is 12.3 Å². The quantitative estimate of drug-likeness (QED) is 0.288. The smallest absolute Gasteiger partial charge is 0.251 e. The first kappa shape index (κ1) is 24.2. The van der Waals surface area contributed by atoms with Crippen LogP contribution < -0.4 is 10.1 Å². The van der Waals surface area contributed by atoms with E-state index in [9.17, 15) is 9.59 Å². The minimum atomic E-state index is -0.156. The Bertz CT molecular complexity index is 1380. The molecule has 7 heteroatoms. The number of rotatable bonds is 8. The fraction of sp³-hybridized carbons (Fsp3) is 0.172. The number of amides is 2. The molecule has 1 aliphatic rings. The predicted octanol–water partition coefficient (Wildman–Crippen LogP) is 6.08. The van der Waals surface area contributed by atoms with Crippen molar-refractivity contribution in [1.82, 2.24) is 10.2 Å². The van der Waals surface area contributed by atoms with Gasteiger partial charge in [-0.15, -0.1) is 11.8 Å². The van der Waals surface area contributed by atoms with Crippen LogP contribution in [0.2, 0.25) is 5.02 Å². The van der Waals surface area contributed by atoms with E-state index in [0.29, 0.717) is 36.0 Å². The molecule has 4 aromatic carbocycles. The molecular formula is C29H25ClN2O3S. The Morgan fingerprint density at radius 1 is 0.972 bits per heavy atom. The van der Waals surface area contributed by atoms with Crippen molar-refractivity contribution in [3.63, 3.8) is 0 Å². The molecule has 0 saturated carbocycles. The van der Waals surface area contributed by atoms with Crippen molar-refractivity contribution in [2.75, 3.05) is 18.9 Å². The fourth-order valence-electron chi connectivity index (χ4n) is 4.18. The maximum Gasteiger partial charge on any atom is 0.251 e. The van der Waals surface area contributed by atoms with Gasteiger partial charge in [-0.2, -0.15) is 0 Å². The second-order valence-corrected chi connectivity index (χ2v) is 10.1. The molecule has 2 amide bonds. The van der Waals surface area contributed by atoms with Gasteiger partial charge in [0.25, 0.3) is 5.91 Å². The zero-order valence-electron chi connectivity index (χ0n) is 19.5. The number of hydrogen-bond acceptors (Lipinski definition) is 4. The van der Waals surface area contributed by atoms with E-state index in [1.165, 1.54) is 0 Å². The molecule has 182 valence electrons. The second kappa shape index (κ2) is 11.1. The molecule has 0 radical (unpaired) electrons. The van der Waals surface area contributed by atoms with Crippen LogP contribution in [0.3, 0.4) is 0 Å². The highest BCUT2D eigenvalue weighted by Gasteiger charge is 2.32. The molecule has 0 bridgehead atoms. The van der Waals surface area contributed by atoms with E-state index in [-0.39, 0.29) is 17.2 Å². The van der Waals surface area contributed by atoms with Gasteiger partial charge in [-0.05, 0) is 58.3 Å². The summed E-state index contributed by atoms with van der Waals surface area (Å²) in [6.45, 7) is 1.30. The Morgan fingerprint density at radius 3 is 2.50 bits per heavy atom.